The van der Waals surface area contributed by atoms with Crippen LogP contribution in [0.1, 0.15) is 42.9 Å². The van der Waals surface area contributed by atoms with Gasteiger partial charge in [-0.15, -0.1) is 11.8 Å². The van der Waals surface area contributed by atoms with E-state index >= 15 is 0 Å². The Balaban J connectivity index is 1.56. The number of nitrogens with one attached hydrogen (secondary N) is 1. The topological polar surface area (TPSA) is 89.9 Å². The minimum Gasteiger partial charge on any atom is -0.380 e. The minimum atomic E-state index is -1.76. The maximum absolute atomic E-state index is 12.8. The highest BCUT2D eigenvalue weighted by atomic mass is 32.2. The summed E-state index contributed by atoms with van der Waals surface area (Å²) < 4.78 is 0. The van der Waals surface area contributed by atoms with Gasteiger partial charge in [-0.3, -0.25) is 9.59 Å². The molecule has 0 bridgehead atoms. The number of rotatable bonds is 7. The zero-order valence-electron chi connectivity index (χ0n) is 16.1. The first-order valence-corrected chi connectivity index (χ1v) is 10.7. The van der Waals surface area contributed by atoms with Gasteiger partial charge in [-0.25, -0.2) is 0 Å². The fourth-order valence-corrected chi connectivity index (χ4v) is 4.76. The summed E-state index contributed by atoms with van der Waals surface area (Å²) >= 11 is 1.73. The van der Waals surface area contributed by atoms with Gasteiger partial charge in [-0.05, 0) is 49.1 Å². The molecule has 0 saturated carbocycles. The maximum Gasteiger partial charge on any atom is 0.255 e. The van der Waals surface area contributed by atoms with Gasteiger partial charge < -0.3 is 20.4 Å². The number of nitrogens with zero attached hydrogens (tertiary/aromatic N) is 1. The quantitative estimate of drug-likeness (QED) is 0.646. The van der Waals surface area contributed by atoms with Crippen molar-refractivity contribution in [3.8, 4) is 0 Å². The summed E-state index contributed by atoms with van der Waals surface area (Å²) in [6.07, 6.45) is 1.95. The second-order valence-corrected chi connectivity index (χ2v) is 8.59. The van der Waals surface area contributed by atoms with E-state index in [9.17, 15) is 19.8 Å². The van der Waals surface area contributed by atoms with Crippen molar-refractivity contribution >= 4 is 23.6 Å². The Morgan fingerprint density at radius 3 is 2.79 bits per heavy atom. The maximum atomic E-state index is 12.8. The van der Waals surface area contributed by atoms with Crippen molar-refractivity contribution in [2.45, 2.75) is 56.1 Å². The van der Waals surface area contributed by atoms with Crippen LogP contribution >= 0.6 is 11.8 Å². The Bertz CT molecular complexity index is 731. The summed E-state index contributed by atoms with van der Waals surface area (Å²) in [6.45, 7) is 2.91. The molecule has 28 heavy (non-hydrogen) atoms. The molecule has 0 aromatic heterocycles. The van der Waals surface area contributed by atoms with E-state index < -0.39 is 24.0 Å². The molecule has 0 radical (unpaired) electrons. The van der Waals surface area contributed by atoms with E-state index in [4.69, 9.17) is 0 Å². The van der Waals surface area contributed by atoms with Gasteiger partial charge >= 0.3 is 0 Å². The number of aliphatic hydroxyl groups is 2. The monoisotopic (exact) mass is 404 g/mol. The molecule has 6 nitrogen and oxygen atoms in total. The van der Waals surface area contributed by atoms with Crippen LogP contribution in [0.2, 0.25) is 0 Å². The molecule has 1 saturated heterocycles. The molecule has 2 aliphatic heterocycles. The molecular weight excluding hydrogens is 376 g/mol. The summed E-state index contributed by atoms with van der Waals surface area (Å²) in [5, 5.41) is 25.6. The van der Waals surface area contributed by atoms with Crippen LogP contribution in [-0.2, 0) is 9.59 Å². The lowest BCUT2D eigenvalue weighted by molar-refractivity contribution is -0.153. The first-order chi connectivity index (χ1) is 13.5. The molecule has 4 atom stereocenters. The van der Waals surface area contributed by atoms with Gasteiger partial charge in [0.25, 0.3) is 11.8 Å². The predicted octanol–water partition coefficient (Wildman–Crippen LogP) is 1.91. The molecule has 152 valence electrons. The van der Waals surface area contributed by atoms with Crippen molar-refractivity contribution in [1.82, 2.24) is 10.2 Å². The number of hydrogen-bond acceptors (Lipinski definition) is 5. The van der Waals surface area contributed by atoms with E-state index in [1.54, 1.807) is 16.7 Å². The molecule has 0 aliphatic carbocycles. The first kappa shape index (κ1) is 20.9. The molecule has 1 aromatic carbocycles. The molecule has 2 aliphatic rings. The molecule has 2 amide bonds. The molecule has 7 heteroatoms. The Kier molecular flexibility index (Phi) is 7.15. The van der Waals surface area contributed by atoms with E-state index in [2.05, 4.69) is 11.4 Å². The van der Waals surface area contributed by atoms with Gasteiger partial charge in [0.05, 0.1) is 6.04 Å². The third-order valence-corrected chi connectivity index (χ3v) is 6.60. The minimum absolute atomic E-state index is 0.134. The summed E-state index contributed by atoms with van der Waals surface area (Å²) in [5.41, 5.74) is 2.13. The van der Waals surface area contributed by atoms with Crippen LogP contribution in [0.25, 0.3) is 0 Å². The van der Waals surface area contributed by atoms with E-state index in [-0.39, 0.29) is 6.04 Å². The molecule has 2 unspecified atom stereocenters. The molecule has 1 aromatic rings. The van der Waals surface area contributed by atoms with Crippen LogP contribution in [0.5, 0.6) is 0 Å². The zero-order chi connectivity index (χ0) is 20.1. The lowest BCUT2D eigenvalue weighted by Gasteiger charge is -2.29. The van der Waals surface area contributed by atoms with Crippen LogP contribution in [0.4, 0.5) is 0 Å². The normalized spacial score (nSPS) is 23.6. The van der Waals surface area contributed by atoms with Gasteiger partial charge in [0.1, 0.15) is 0 Å². The van der Waals surface area contributed by atoms with E-state index in [0.29, 0.717) is 18.3 Å². The van der Waals surface area contributed by atoms with E-state index in [0.717, 1.165) is 36.8 Å². The van der Waals surface area contributed by atoms with Gasteiger partial charge in [-0.2, -0.15) is 0 Å². The third kappa shape index (κ3) is 4.77. The second kappa shape index (κ2) is 9.58. The number of thioether (sulfide) groups is 1. The fourth-order valence-electron chi connectivity index (χ4n) is 3.84. The number of aliphatic hydroxyl groups excluding tert-OH is 2. The first-order valence-electron chi connectivity index (χ1n) is 9.79. The number of amides is 2. The van der Waals surface area contributed by atoms with Gasteiger partial charge in [0.15, 0.2) is 12.2 Å². The van der Waals surface area contributed by atoms with Gasteiger partial charge in [0.2, 0.25) is 0 Å². The van der Waals surface area contributed by atoms with Crippen molar-refractivity contribution in [2.75, 3.05) is 13.1 Å². The van der Waals surface area contributed by atoms with Crippen molar-refractivity contribution < 1.29 is 19.8 Å². The highest BCUT2D eigenvalue weighted by Crippen LogP contribution is 2.34. The van der Waals surface area contributed by atoms with Crippen molar-refractivity contribution in [3.05, 3.63) is 46.9 Å². The summed E-state index contributed by atoms with van der Waals surface area (Å²) in [4.78, 5) is 26.6. The number of carbonyl (C=O) groups is 2. The van der Waals surface area contributed by atoms with Crippen molar-refractivity contribution in [1.29, 1.82) is 0 Å². The Hall–Kier alpha value is -1.83. The average molecular weight is 405 g/mol. The Labute approximate surface area is 170 Å². The SMILES string of the molecule is Cc1ccccc1C1CCCN1C(=O)[C@H](O)[C@@H](O)C(=O)NCCC1CC=CS1. The van der Waals surface area contributed by atoms with Crippen LogP contribution in [0.3, 0.4) is 0 Å². The smallest absolute Gasteiger partial charge is 0.255 e. The van der Waals surface area contributed by atoms with E-state index in [1.807, 2.05) is 36.6 Å². The average Bonchev–Trinajstić information content (AvgIpc) is 3.38. The standard InChI is InChI=1S/C21H28N2O4S/c1-14-6-2-3-8-16(14)17-9-4-12-23(17)21(27)19(25)18(24)20(26)22-11-10-15-7-5-13-28-15/h2-3,5-6,8,13,15,17-19,24-25H,4,7,9-12H2,1H3,(H,22,26)/t15?,17?,18-,19-/m1/s1. The van der Waals surface area contributed by atoms with Crippen molar-refractivity contribution in [2.24, 2.45) is 0 Å². The van der Waals surface area contributed by atoms with Gasteiger partial charge in [0, 0.05) is 18.3 Å². The number of carbonyl (C=O) groups excluding carboxylic acids is 2. The van der Waals surface area contributed by atoms with Crippen LogP contribution in [0.15, 0.2) is 35.7 Å². The van der Waals surface area contributed by atoms with E-state index in [1.165, 1.54) is 0 Å². The van der Waals surface area contributed by atoms with Crippen LogP contribution in [-0.4, -0.2) is 57.5 Å². The third-order valence-electron chi connectivity index (χ3n) is 5.44. The lowest BCUT2D eigenvalue weighted by atomic mass is 9.99. The highest BCUT2D eigenvalue weighted by molar-refractivity contribution is 8.03. The zero-order valence-corrected chi connectivity index (χ0v) is 16.9. The van der Waals surface area contributed by atoms with Crippen LogP contribution in [0, 0.1) is 6.92 Å². The number of allylic oxidation sites excluding steroid dienone is 1. The van der Waals surface area contributed by atoms with Crippen LogP contribution < -0.4 is 5.32 Å². The number of benzene rings is 1. The second-order valence-electron chi connectivity index (χ2n) is 7.38. The molecule has 0 spiro atoms. The summed E-state index contributed by atoms with van der Waals surface area (Å²) in [6, 6.07) is 7.72. The van der Waals surface area contributed by atoms with Gasteiger partial charge in [-0.1, -0.05) is 30.3 Å². The molecule has 1 fully saturated rings. The Morgan fingerprint density at radius 1 is 1.29 bits per heavy atom. The fraction of sp³-hybridized carbons (Fsp3) is 0.524. The number of likely N-dealkylation sites (tertiary alicyclic amines) is 1. The summed E-state index contributed by atoms with van der Waals surface area (Å²) in [5.74, 6) is -1.30. The lowest BCUT2D eigenvalue weighted by Crippen LogP contribution is -2.50. The predicted molar refractivity (Wildman–Crippen MR) is 110 cm³/mol. The molecule has 2 heterocycles. The summed E-state index contributed by atoms with van der Waals surface area (Å²) in [7, 11) is 0. The largest absolute Gasteiger partial charge is 0.380 e. The molecule has 3 N–H and O–H groups in total. The number of aryl methyl sites for hydroxylation is 1. The number of hydrogen-bond donors (Lipinski definition) is 3. The highest BCUT2D eigenvalue weighted by Gasteiger charge is 2.38. The molecule has 3 rings (SSSR count). The molecular formula is C21H28N2O4S. The van der Waals surface area contributed by atoms with Crippen molar-refractivity contribution in [3.63, 3.8) is 0 Å². The Morgan fingerprint density at radius 2 is 2.07 bits per heavy atom.